The summed E-state index contributed by atoms with van der Waals surface area (Å²) in [7, 11) is 1.90. The summed E-state index contributed by atoms with van der Waals surface area (Å²) in [6.07, 6.45) is 0. The summed E-state index contributed by atoms with van der Waals surface area (Å²) < 4.78 is 26.2. The Labute approximate surface area is 111 Å². The topological polar surface area (TPSA) is 29.3 Å². The highest BCUT2D eigenvalue weighted by Crippen LogP contribution is 2.17. The van der Waals surface area contributed by atoms with Crippen LogP contribution in [0.2, 0.25) is 0 Å². The molecule has 2 aromatic carbocycles. The van der Waals surface area contributed by atoms with E-state index in [-0.39, 0.29) is 18.2 Å². The highest BCUT2D eigenvalue weighted by molar-refractivity contribution is 5.46. The molecule has 0 saturated carbocycles. The Morgan fingerprint density at radius 2 is 1.74 bits per heavy atom. The summed E-state index contributed by atoms with van der Waals surface area (Å²) in [6, 6.07) is 11.2. The molecule has 0 spiro atoms. The van der Waals surface area contributed by atoms with Crippen LogP contribution in [0.5, 0.6) is 0 Å². The van der Waals surface area contributed by atoms with E-state index in [1.165, 1.54) is 18.2 Å². The maximum absolute atomic E-state index is 13.3. The Morgan fingerprint density at radius 1 is 1.05 bits per heavy atom. The van der Waals surface area contributed by atoms with Crippen LogP contribution in [-0.2, 0) is 13.1 Å². The first-order valence-corrected chi connectivity index (χ1v) is 6.04. The molecule has 0 amide bonds. The number of anilines is 1. The SMILES string of the molecule is CN(Cc1ccc(F)c(CN)c1)c1ccc(F)cc1. The lowest BCUT2D eigenvalue weighted by Gasteiger charge is -2.19. The molecule has 0 bridgehead atoms. The average molecular weight is 262 g/mol. The van der Waals surface area contributed by atoms with Crippen molar-refractivity contribution >= 4 is 5.69 Å². The second-order valence-corrected chi connectivity index (χ2v) is 4.46. The van der Waals surface area contributed by atoms with Crippen molar-refractivity contribution in [3.8, 4) is 0 Å². The maximum atomic E-state index is 13.3. The number of halogens is 2. The number of rotatable bonds is 4. The first-order valence-electron chi connectivity index (χ1n) is 6.04. The standard InChI is InChI=1S/C15H16F2N2/c1-19(14-5-3-13(16)4-6-14)10-11-2-7-15(17)12(8-11)9-18/h2-8H,9-10,18H2,1H3. The molecule has 0 aliphatic rings. The van der Waals surface area contributed by atoms with Gasteiger partial charge in [-0.25, -0.2) is 8.78 Å². The van der Waals surface area contributed by atoms with Crippen molar-refractivity contribution in [2.75, 3.05) is 11.9 Å². The Kier molecular flexibility index (Phi) is 4.12. The zero-order valence-electron chi connectivity index (χ0n) is 10.7. The molecule has 0 aromatic heterocycles. The number of nitrogens with zero attached hydrogens (tertiary/aromatic N) is 1. The molecular formula is C15H16F2N2. The lowest BCUT2D eigenvalue weighted by atomic mass is 10.1. The Bertz CT molecular complexity index is 553. The predicted molar refractivity (Wildman–Crippen MR) is 72.8 cm³/mol. The van der Waals surface area contributed by atoms with E-state index in [1.54, 1.807) is 24.3 Å². The molecule has 0 aliphatic heterocycles. The molecule has 0 heterocycles. The van der Waals surface area contributed by atoms with Gasteiger partial charge in [0, 0.05) is 31.4 Å². The first kappa shape index (κ1) is 13.5. The van der Waals surface area contributed by atoms with Gasteiger partial charge in [0.15, 0.2) is 0 Å². The lowest BCUT2D eigenvalue weighted by Crippen LogP contribution is -2.16. The van der Waals surface area contributed by atoms with Crippen molar-refractivity contribution in [1.29, 1.82) is 0 Å². The largest absolute Gasteiger partial charge is 0.370 e. The quantitative estimate of drug-likeness (QED) is 0.917. The van der Waals surface area contributed by atoms with E-state index in [0.29, 0.717) is 12.1 Å². The molecule has 100 valence electrons. The zero-order chi connectivity index (χ0) is 13.8. The van der Waals surface area contributed by atoms with Crippen LogP contribution < -0.4 is 10.6 Å². The molecule has 2 N–H and O–H groups in total. The van der Waals surface area contributed by atoms with Crippen molar-refractivity contribution in [2.45, 2.75) is 13.1 Å². The fraction of sp³-hybridized carbons (Fsp3) is 0.200. The Morgan fingerprint density at radius 3 is 2.37 bits per heavy atom. The minimum absolute atomic E-state index is 0.180. The summed E-state index contributed by atoms with van der Waals surface area (Å²) in [5.74, 6) is -0.542. The van der Waals surface area contributed by atoms with E-state index < -0.39 is 0 Å². The maximum Gasteiger partial charge on any atom is 0.127 e. The van der Waals surface area contributed by atoms with Gasteiger partial charge in [-0.05, 0) is 42.0 Å². The van der Waals surface area contributed by atoms with Crippen LogP contribution in [0.4, 0.5) is 14.5 Å². The van der Waals surface area contributed by atoms with Gasteiger partial charge >= 0.3 is 0 Å². The summed E-state index contributed by atoms with van der Waals surface area (Å²) in [5.41, 5.74) is 7.86. The van der Waals surface area contributed by atoms with Gasteiger partial charge in [0.05, 0.1) is 0 Å². The van der Waals surface area contributed by atoms with Gasteiger partial charge in [-0.3, -0.25) is 0 Å². The number of benzene rings is 2. The molecule has 2 nitrogen and oxygen atoms in total. The molecule has 0 aliphatic carbocycles. The molecule has 2 aromatic rings. The zero-order valence-corrected chi connectivity index (χ0v) is 10.7. The summed E-state index contributed by atoms with van der Waals surface area (Å²) in [4.78, 5) is 1.97. The smallest absolute Gasteiger partial charge is 0.127 e. The van der Waals surface area contributed by atoms with Crippen molar-refractivity contribution in [2.24, 2.45) is 5.73 Å². The molecular weight excluding hydrogens is 246 g/mol. The molecule has 0 atom stereocenters. The minimum atomic E-state index is -0.282. The molecule has 4 heteroatoms. The number of nitrogens with two attached hydrogens (primary N) is 1. The number of hydrogen-bond donors (Lipinski definition) is 1. The second-order valence-electron chi connectivity index (χ2n) is 4.46. The third kappa shape index (κ3) is 3.29. The Balaban J connectivity index is 2.14. The second kappa shape index (κ2) is 5.80. The third-order valence-corrected chi connectivity index (χ3v) is 3.02. The van der Waals surface area contributed by atoms with E-state index in [2.05, 4.69) is 0 Å². The third-order valence-electron chi connectivity index (χ3n) is 3.02. The molecule has 0 unspecified atom stereocenters. The molecule has 19 heavy (non-hydrogen) atoms. The highest BCUT2D eigenvalue weighted by atomic mass is 19.1. The van der Waals surface area contributed by atoms with E-state index in [1.807, 2.05) is 11.9 Å². The lowest BCUT2D eigenvalue weighted by molar-refractivity contribution is 0.609. The van der Waals surface area contributed by atoms with Crippen LogP contribution in [0, 0.1) is 11.6 Å². The van der Waals surface area contributed by atoms with Crippen molar-refractivity contribution < 1.29 is 8.78 Å². The molecule has 2 rings (SSSR count). The summed E-state index contributed by atoms with van der Waals surface area (Å²) in [5, 5.41) is 0. The van der Waals surface area contributed by atoms with Gasteiger partial charge in [-0.15, -0.1) is 0 Å². The van der Waals surface area contributed by atoms with Crippen LogP contribution >= 0.6 is 0 Å². The fourth-order valence-corrected chi connectivity index (χ4v) is 1.94. The van der Waals surface area contributed by atoms with Crippen molar-refractivity contribution in [3.63, 3.8) is 0 Å². The van der Waals surface area contributed by atoms with E-state index in [0.717, 1.165) is 11.3 Å². The molecule has 0 radical (unpaired) electrons. The van der Waals surface area contributed by atoms with E-state index in [9.17, 15) is 8.78 Å². The summed E-state index contributed by atoms with van der Waals surface area (Å²) >= 11 is 0. The predicted octanol–water partition coefficient (Wildman–Crippen LogP) is 3.06. The molecule has 0 fully saturated rings. The van der Waals surface area contributed by atoms with Crippen LogP contribution in [0.3, 0.4) is 0 Å². The fourth-order valence-electron chi connectivity index (χ4n) is 1.94. The average Bonchev–Trinajstić information content (AvgIpc) is 2.41. The van der Waals surface area contributed by atoms with E-state index >= 15 is 0 Å². The van der Waals surface area contributed by atoms with Gasteiger partial charge in [0.1, 0.15) is 11.6 Å². The molecule has 0 saturated heterocycles. The van der Waals surface area contributed by atoms with Gasteiger partial charge in [-0.2, -0.15) is 0 Å². The number of hydrogen-bond acceptors (Lipinski definition) is 2. The van der Waals surface area contributed by atoms with Crippen LogP contribution in [-0.4, -0.2) is 7.05 Å². The monoisotopic (exact) mass is 262 g/mol. The van der Waals surface area contributed by atoms with Gasteiger partial charge < -0.3 is 10.6 Å². The Hall–Kier alpha value is -1.94. The summed E-state index contributed by atoms with van der Waals surface area (Å²) in [6.45, 7) is 0.791. The highest BCUT2D eigenvalue weighted by Gasteiger charge is 2.05. The van der Waals surface area contributed by atoms with Gasteiger partial charge in [0.25, 0.3) is 0 Å². The minimum Gasteiger partial charge on any atom is -0.370 e. The van der Waals surface area contributed by atoms with Crippen LogP contribution in [0.15, 0.2) is 42.5 Å². The van der Waals surface area contributed by atoms with Crippen LogP contribution in [0.25, 0.3) is 0 Å². The van der Waals surface area contributed by atoms with E-state index in [4.69, 9.17) is 5.73 Å². The van der Waals surface area contributed by atoms with Crippen molar-refractivity contribution in [1.82, 2.24) is 0 Å². The normalized spacial score (nSPS) is 10.5. The van der Waals surface area contributed by atoms with Gasteiger partial charge in [0.2, 0.25) is 0 Å². The van der Waals surface area contributed by atoms with Gasteiger partial charge in [-0.1, -0.05) is 6.07 Å². The van der Waals surface area contributed by atoms with Crippen LogP contribution in [0.1, 0.15) is 11.1 Å². The first-order chi connectivity index (χ1) is 9.10. The van der Waals surface area contributed by atoms with Crippen molar-refractivity contribution in [3.05, 3.63) is 65.2 Å².